The zero-order valence-electron chi connectivity index (χ0n) is 30.0. The van der Waals surface area contributed by atoms with Crippen LogP contribution in [0.1, 0.15) is 92.0 Å². The molecule has 1 saturated heterocycles. The molecule has 5 rings (SSSR count). The van der Waals surface area contributed by atoms with Crippen molar-refractivity contribution in [3.05, 3.63) is 118 Å². The number of aromatic nitrogens is 1. The van der Waals surface area contributed by atoms with Crippen molar-refractivity contribution in [1.82, 2.24) is 9.88 Å². The predicted molar refractivity (Wildman–Crippen MR) is 192 cm³/mol. The van der Waals surface area contributed by atoms with Crippen molar-refractivity contribution in [3.63, 3.8) is 0 Å². The Labute approximate surface area is 293 Å². The van der Waals surface area contributed by atoms with Crippen molar-refractivity contribution in [2.45, 2.75) is 86.1 Å². The van der Waals surface area contributed by atoms with Crippen LogP contribution in [0.4, 0.5) is 14.5 Å². The molecule has 0 aliphatic carbocycles. The zero-order valence-corrected chi connectivity index (χ0v) is 30.0. The molecule has 1 aliphatic rings. The molecule has 1 unspecified atom stereocenters. The lowest BCUT2D eigenvalue weighted by Crippen LogP contribution is -2.39. The third-order valence-electron chi connectivity index (χ3n) is 9.25. The van der Waals surface area contributed by atoms with E-state index in [-0.39, 0.29) is 30.2 Å². The summed E-state index contributed by atoms with van der Waals surface area (Å²) in [5.41, 5.74) is 5.94. The van der Waals surface area contributed by atoms with Crippen LogP contribution in [0.25, 0.3) is 11.1 Å². The Kier molecular flexibility index (Phi) is 10.8. The molecule has 4 aromatic rings. The van der Waals surface area contributed by atoms with Gasteiger partial charge in [0, 0.05) is 54.3 Å². The Hall–Kier alpha value is -4.63. The number of carbonyl (C=O) groups is 2. The molecule has 1 amide bonds. The summed E-state index contributed by atoms with van der Waals surface area (Å²) >= 11 is 0. The molecular weight excluding hydrogens is 636 g/mol. The second-order valence-corrected chi connectivity index (χ2v) is 15.0. The lowest BCUT2D eigenvalue weighted by molar-refractivity contribution is -0.160. The predicted octanol–water partition coefficient (Wildman–Crippen LogP) is 9.05. The lowest BCUT2D eigenvalue weighted by Gasteiger charge is -2.41. The number of benzene rings is 3. The summed E-state index contributed by atoms with van der Waals surface area (Å²) in [6, 6.07) is 19.3. The molecule has 3 aromatic carbocycles. The minimum absolute atomic E-state index is 0.175. The van der Waals surface area contributed by atoms with Gasteiger partial charge in [-0.15, -0.1) is 0 Å². The van der Waals surface area contributed by atoms with E-state index in [0.29, 0.717) is 16.8 Å². The molecule has 1 N–H and O–H groups in total. The Morgan fingerprint density at radius 1 is 0.860 bits per heavy atom. The summed E-state index contributed by atoms with van der Waals surface area (Å²) in [7, 11) is 0. The zero-order chi connectivity index (χ0) is 36.4. The van der Waals surface area contributed by atoms with E-state index >= 15 is 0 Å². The molecular formula is C41H47F2N3O4. The average molecular weight is 684 g/mol. The van der Waals surface area contributed by atoms with E-state index in [2.05, 4.69) is 18.7 Å². The van der Waals surface area contributed by atoms with E-state index in [1.165, 1.54) is 36.4 Å². The number of anilines is 1. The van der Waals surface area contributed by atoms with Crippen LogP contribution in [-0.2, 0) is 22.6 Å². The number of carboxylic acids is 1. The molecule has 264 valence electrons. The van der Waals surface area contributed by atoms with Crippen LogP contribution in [0.2, 0.25) is 0 Å². The van der Waals surface area contributed by atoms with E-state index in [1.54, 1.807) is 17.0 Å². The van der Waals surface area contributed by atoms with Crippen molar-refractivity contribution >= 4 is 17.6 Å². The van der Waals surface area contributed by atoms with Gasteiger partial charge in [0.2, 0.25) is 0 Å². The summed E-state index contributed by atoms with van der Waals surface area (Å²) in [5, 5.41) is 10.5. The number of carbonyl (C=O) groups excluding carboxylic acids is 1. The number of hydrogen-bond donors (Lipinski definition) is 1. The van der Waals surface area contributed by atoms with Gasteiger partial charge in [-0.1, -0.05) is 50.2 Å². The molecule has 7 nitrogen and oxygen atoms in total. The van der Waals surface area contributed by atoms with Crippen molar-refractivity contribution in [2.24, 2.45) is 5.41 Å². The number of halogens is 2. The molecule has 1 atom stereocenters. The summed E-state index contributed by atoms with van der Waals surface area (Å²) in [4.78, 5) is 35.3. The third kappa shape index (κ3) is 8.74. The maximum Gasteiger partial charge on any atom is 0.337 e. The fourth-order valence-electron chi connectivity index (χ4n) is 6.54. The van der Waals surface area contributed by atoms with E-state index in [1.807, 2.05) is 58.9 Å². The third-order valence-corrected chi connectivity index (χ3v) is 9.25. The largest absolute Gasteiger partial charge is 0.479 e. The number of pyridine rings is 1. The number of rotatable bonds is 10. The minimum atomic E-state index is -1.22. The molecule has 9 heteroatoms. The maximum atomic E-state index is 13.7. The smallest absolute Gasteiger partial charge is 0.337 e. The van der Waals surface area contributed by atoms with Gasteiger partial charge in [0.15, 0.2) is 6.10 Å². The highest BCUT2D eigenvalue weighted by Gasteiger charge is 2.36. The highest BCUT2D eigenvalue weighted by Crippen LogP contribution is 2.45. The second-order valence-electron chi connectivity index (χ2n) is 15.0. The fourth-order valence-corrected chi connectivity index (χ4v) is 6.54. The number of hydrogen-bond acceptors (Lipinski definition) is 5. The molecule has 2 heterocycles. The molecule has 0 bridgehead atoms. The Morgan fingerprint density at radius 3 is 1.86 bits per heavy atom. The standard InChI is InChI=1S/C41H47F2N3O4/c1-26-34(36(45-22-20-41(6,7)21-23-45)35(27(2)44-26)37(39(48)49)50-40(3,4)5)30-12-8-28(9-13-30)24-46(25-29-10-16-32(42)17-11-29)38(47)31-14-18-33(43)19-15-31/h8-19,37H,20-25H2,1-7H3,(H,48,49). The molecule has 1 fully saturated rings. The summed E-state index contributed by atoms with van der Waals surface area (Å²) in [6.07, 6.45) is 0.688. The van der Waals surface area contributed by atoms with Crippen LogP contribution in [-0.4, -0.2) is 45.6 Å². The van der Waals surface area contributed by atoms with Gasteiger partial charge < -0.3 is 19.6 Å². The fraction of sp³-hybridized carbons (Fsp3) is 0.390. The highest BCUT2D eigenvalue weighted by molar-refractivity contribution is 5.94. The van der Waals surface area contributed by atoms with E-state index in [0.717, 1.165) is 59.6 Å². The maximum absolute atomic E-state index is 13.7. The van der Waals surface area contributed by atoms with E-state index in [9.17, 15) is 23.5 Å². The molecule has 50 heavy (non-hydrogen) atoms. The van der Waals surface area contributed by atoms with Gasteiger partial charge in [0.05, 0.1) is 11.3 Å². The SMILES string of the molecule is Cc1nc(C)c(C(OC(C)(C)C)C(=O)O)c(N2CCC(C)(C)CC2)c1-c1ccc(CN(Cc2ccc(F)cc2)C(=O)c2ccc(F)cc2)cc1. The van der Waals surface area contributed by atoms with Gasteiger partial charge in [0.25, 0.3) is 5.91 Å². The average Bonchev–Trinajstić information content (AvgIpc) is 3.04. The molecule has 0 radical (unpaired) electrons. The first-order valence-electron chi connectivity index (χ1n) is 17.1. The number of amides is 1. The Bertz CT molecular complexity index is 1820. The number of ether oxygens (including phenoxy) is 1. The van der Waals surface area contributed by atoms with Crippen LogP contribution >= 0.6 is 0 Å². The van der Waals surface area contributed by atoms with Crippen LogP contribution in [0.15, 0.2) is 72.8 Å². The molecule has 0 spiro atoms. The highest BCUT2D eigenvalue weighted by atomic mass is 19.1. The Morgan fingerprint density at radius 2 is 1.36 bits per heavy atom. The first-order chi connectivity index (χ1) is 23.5. The van der Waals surface area contributed by atoms with E-state index < -0.39 is 23.5 Å². The van der Waals surface area contributed by atoms with Gasteiger partial charge in [-0.3, -0.25) is 9.78 Å². The number of aliphatic carboxylic acids is 1. The van der Waals surface area contributed by atoms with Gasteiger partial charge in [-0.05, 0) is 106 Å². The minimum Gasteiger partial charge on any atom is -0.479 e. The van der Waals surface area contributed by atoms with Crippen LogP contribution in [0.3, 0.4) is 0 Å². The first-order valence-corrected chi connectivity index (χ1v) is 17.1. The quantitative estimate of drug-likeness (QED) is 0.180. The topological polar surface area (TPSA) is 83.0 Å². The van der Waals surface area contributed by atoms with Crippen LogP contribution < -0.4 is 4.90 Å². The number of nitrogens with zero attached hydrogens (tertiary/aromatic N) is 3. The van der Waals surface area contributed by atoms with Crippen molar-refractivity contribution in [1.29, 1.82) is 0 Å². The van der Waals surface area contributed by atoms with Gasteiger partial charge in [-0.25, -0.2) is 13.6 Å². The summed E-state index contributed by atoms with van der Waals surface area (Å²) in [5.74, 6) is -2.15. The van der Waals surface area contributed by atoms with Crippen molar-refractivity contribution in [2.75, 3.05) is 18.0 Å². The van der Waals surface area contributed by atoms with Crippen LogP contribution in [0.5, 0.6) is 0 Å². The van der Waals surface area contributed by atoms with Crippen molar-refractivity contribution in [3.8, 4) is 11.1 Å². The second kappa shape index (κ2) is 14.7. The van der Waals surface area contributed by atoms with Crippen molar-refractivity contribution < 1.29 is 28.2 Å². The van der Waals surface area contributed by atoms with E-state index in [4.69, 9.17) is 9.72 Å². The number of piperidine rings is 1. The molecule has 1 aromatic heterocycles. The number of carboxylic acid groups (broad SMARTS) is 1. The number of aryl methyl sites for hydroxylation is 2. The van der Waals surface area contributed by atoms with Gasteiger partial charge in [-0.2, -0.15) is 0 Å². The van der Waals surface area contributed by atoms with Gasteiger partial charge in [0.1, 0.15) is 11.6 Å². The first kappa shape index (κ1) is 36.6. The van der Waals surface area contributed by atoms with Gasteiger partial charge >= 0.3 is 5.97 Å². The lowest BCUT2D eigenvalue weighted by atomic mass is 9.81. The normalized spacial score (nSPS) is 15.1. The Balaban J connectivity index is 1.56. The van der Waals surface area contributed by atoms with Crippen LogP contribution in [0, 0.1) is 30.9 Å². The molecule has 0 saturated carbocycles. The molecule has 1 aliphatic heterocycles. The monoisotopic (exact) mass is 683 g/mol. The summed E-state index contributed by atoms with van der Waals surface area (Å²) < 4.78 is 33.5. The summed E-state index contributed by atoms with van der Waals surface area (Å²) in [6.45, 7) is 15.9.